The minimum absolute atomic E-state index is 0.0326. The fraction of sp³-hybridized carbons (Fsp3) is 0.455. The van der Waals surface area contributed by atoms with Gasteiger partial charge in [0, 0.05) is 12.2 Å². The van der Waals surface area contributed by atoms with Crippen LogP contribution >= 0.6 is 0 Å². The Morgan fingerprint density at radius 1 is 1.29 bits per heavy atom. The van der Waals surface area contributed by atoms with Crippen molar-refractivity contribution in [3.8, 4) is 0 Å². The fourth-order valence-electron chi connectivity index (χ4n) is 1.53. The molecular formula is C11H14O3. The highest BCUT2D eigenvalue weighted by Gasteiger charge is 2.26. The molecule has 0 saturated carbocycles. The van der Waals surface area contributed by atoms with Crippen molar-refractivity contribution in [3.63, 3.8) is 0 Å². The van der Waals surface area contributed by atoms with Crippen LogP contribution in [-0.2, 0) is 9.47 Å². The number of ether oxygens (including phenoxy) is 2. The van der Waals surface area contributed by atoms with E-state index in [1.54, 1.807) is 0 Å². The van der Waals surface area contributed by atoms with Gasteiger partial charge >= 0.3 is 0 Å². The summed E-state index contributed by atoms with van der Waals surface area (Å²) < 4.78 is 11.1. The lowest BCUT2D eigenvalue weighted by Gasteiger charge is -2.10. The molecule has 76 valence electrons. The molecule has 3 nitrogen and oxygen atoms in total. The molecule has 0 bridgehead atoms. The summed E-state index contributed by atoms with van der Waals surface area (Å²) in [6.07, 6.45) is 0.418. The van der Waals surface area contributed by atoms with E-state index in [0.717, 1.165) is 5.56 Å². The Morgan fingerprint density at radius 3 is 2.79 bits per heavy atom. The number of hydrogen-bond acceptors (Lipinski definition) is 3. The molecule has 14 heavy (non-hydrogen) atoms. The van der Waals surface area contributed by atoms with Crippen molar-refractivity contribution in [2.45, 2.75) is 18.8 Å². The quantitative estimate of drug-likeness (QED) is 0.792. The van der Waals surface area contributed by atoms with Gasteiger partial charge in [-0.3, -0.25) is 0 Å². The number of aliphatic hydroxyl groups excluding tert-OH is 1. The molecule has 0 aromatic heterocycles. The van der Waals surface area contributed by atoms with Crippen molar-refractivity contribution in [1.82, 2.24) is 0 Å². The van der Waals surface area contributed by atoms with Crippen LogP contribution in [0.25, 0.3) is 0 Å². The van der Waals surface area contributed by atoms with Gasteiger partial charge in [0.05, 0.1) is 12.7 Å². The summed E-state index contributed by atoms with van der Waals surface area (Å²) in [5, 5.41) is 8.75. The second kappa shape index (κ2) is 4.55. The van der Waals surface area contributed by atoms with Crippen LogP contribution in [0, 0.1) is 0 Å². The second-order valence-electron chi connectivity index (χ2n) is 3.35. The van der Waals surface area contributed by atoms with Crippen LogP contribution in [0.3, 0.4) is 0 Å². The molecule has 1 aromatic carbocycles. The van der Waals surface area contributed by atoms with E-state index in [1.807, 2.05) is 30.3 Å². The fourth-order valence-corrected chi connectivity index (χ4v) is 1.53. The summed E-state index contributed by atoms with van der Waals surface area (Å²) in [7, 11) is 0. The predicted octanol–water partition coefficient (Wildman–Crippen LogP) is 1.48. The Bertz CT molecular complexity index is 273. The highest BCUT2D eigenvalue weighted by molar-refractivity contribution is 5.16. The predicted molar refractivity (Wildman–Crippen MR) is 51.7 cm³/mol. The van der Waals surface area contributed by atoms with Crippen LogP contribution in [0.5, 0.6) is 0 Å². The molecule has 2 atom stereocenters. The molecule has 1 unspecified atom stereocenters. The van der Waals surface area contributed by atoms with Crippen molar-refractivity contribution in [1.29, 1.82) is 0 Å². The van der Waals surface area contributed by atoms with Gasteiger partial charge in [-0.05, 0) is 6.42 Å². The van der Waals surface area contributed by atoms with E-state index < -0.39 is 0 Å². The molecule has 1 saturated heterocycles. The van der Waals surface area contributed by atoms with Gasteiger partial charge in [-0.1, -0.05) is 30.3 Å². The lowest BCUT2D eigenvalue weighted by molar-refractivity contribution is -0.0627. The van der Waals surface area contributed by atoms with Crippen molar-refractivity contribution >= 4 is 0 Å². The monoisotopic (exact) mass is 194 g/mol. The van der Waals surface area contributed by atoms with Crippen LogP contribution in [0.4, 0.5) is 0 Å². The molecule has 0 spiro atoms. The van der Waals surface area contributed by atoms with E-state index in [-0.39, 0.29) is 19.0 Å². The highest BCUT2D eigenvalue weighted by atomic mass is 16.7. The van der Waals surface area contributed by atoms with Crippen LogP contribution in [0.1, 0.15) is 18.3 Å². The Balaban J connectivity index is 1.96. The summed E-state index contributed by atoms with van der Waals surface area (Å²) in [5.41, 5.74) is 1.04. The van der Waals surface area contributed by atoms with Gasteiger partial charge in [0.25, 0.3) is 0 Å². The van der Waals surface area contributed by atoms with Crippen LogP contribution in [0.15, 0.2) is 30.3 Å². The van der Waals surface area contributed by atoms with Gasteiger partial charge in [0.1, 0.15) is 0 Å². The SMILES string of the molecule is OCC[C@H]1COC(c2ccccc2)O1. The first-order valence-corrected chi connectivity index (χ1v) is 4.83. The van der Waals surface area contributed by atoms with Gasteiger partial charge in [-0.2, -0.15) is 0 Å². The summed E-state index contributed by atoms with van der Waals surface area (Å²) in [4.78, 5) is 0. The van der Waals surface area contributed by atoms with E-state index in [0.29, 0.717) is 13.0 Å². The molecule has 0 amide bonds. The minimum atomic E-state index is -0.257. The topological polar surface area (TPSA) is 38.7 Å². The first-order valence-electron chi connectivity index (χ1n) is 4.83. The normalized spacial score (nSPS) is 26.6. The van der Waals surface area contributed by atoms with Gasteiger partial charge in [0.2, 0.25) is 0 Å². The van der Waals surface area contributed by atoms with Crippen molar-refractivity contribution in [2.75, 3.05) is 13.2 Å². The third kappa shape index (κ3) is 2.12. The van der Waals surface area contributed by atoms with Gasteiger partial charge in [0.15, 0.2) is 6.29 Å². The third-order valence-electron chi connectivity index (χ3n) is 2.27. The molecule has 1 aliphatic heterocycles. The van der Waals surface area contributed by atoms with Crippen LogP contribution in [-0.4, -0.2) is 24.4 Å². The molecule has 0 radical (unpaired) electrons. The van der Waals surface area contributed by atoms with E-state index in [1.165, 1.54) is 0 Å². The maximum atomic E-state index is 8.75. The van der Waals surface area contributed by atoms with E-state index in [4.69, 9.17) is 14.6 Å². The molecule has 3 heteroatoms. The summed E-state index contributed by atoms with van der Waals surface area (Å²) in [6, 6.07) is 9.84. The van der Waals surface area contributed by atoms with E-state index in [2.05, 4.69) is 0 Å². The standard InChI is InChI=1S/C11H14O3/c12-7-6-10-8-13-11(14-10)9-4-2-1-3-5-9/h1-5,10-12H,6-8H2/t10-,11?/m0/s1. The molecule has 1 aliphatic rings. The molecule has 1 heterocycles. The molecule has 2 rings (SSSR count). The Labute approximate surface area is 83.3 Å². The molecular weight excluding hydrogens is 180 g/mol. The molecule has 0 aliphatic carbocycles. The average Bonchev–Trinajstić information content (AvgIpc) is 2.68. The first kappa shape index (κ1) is 9.65. The van der Waals surface area contributed by atoms with Crippen molar-refractivity contribution < 1.29 is 14.6 Å². The lowest BCUT2D eigenvalue weighted by atomic mass is 10.2. The summed E-state index contributed by atoms with van der Waals surface area (Å²) >= 11 is 0. The van der Waals surface area contributed by atoms with Crippen LogP contribution in [0.2, 0.25) is 0 Å². The maximum Gasteiger partial charge on any atom is 0.184 e. The highest BCUT2D eigenvalue weighted by Crippen LogP contribution is 2.27. The van der Waals surface area contributed by atoms with Gasteiger partial charge in [-0.25, -0.2) is 0 Å². The van der Waals surface area contributed by atoms with Gasteiger partial charge in [-0.15, -0.1) is 0 Å². The zero-order valence-electron chi connectivity index (χ0n) is 7.93. The molecule has 1 fully saturated rings. The van der Waals surface area contributed by atoms with Gasteiger partial charge < -0.3 is 14.6 Å². The zero-order valence-corrected chi connectivity index (χ0v) is 7.93. The molecule has 1 aromatic rings. The second-order valence-corrected chi connectivity index (χ2v) is 3.35. The number of hydrogen-bond donors (Lipinski definition) is 1. The van der Waals surface area contributed by atoms with Crippen LogP contribution < -0.4 is 0 Å². The number of aliphatic hydroxyl groups is 1. The lowest BCUT2D eigenvalue weighted by Crippen LogP contribution is -2.11. The molecule has 1 N–H and O–H groups in total. The Morgan fingerprint density at radius 2 is 2.07 bits per heavy atom. The number of rotatable bonds is 3. The maximum absolute atomic E-state index is 8.75. The minimum Gasteiger partial charge on any atom is -0.396 e. The largest absolute Gasteiger partial charge is 0.396 e. The Hall–Kier alpha value is -0.900. The smallest absolute Gasteiger partial charge is 0.184 e. The average molecular weight is 194 g/mol. The first-order chi connectivity index (χ1) is 6.90. The number of benzene rings is 1. The third-order valence-corrected chi connectivity index (χ3v) is 2.27. The Kier molecular flexibility index (Phi) is 3.14. The van der Waals surface area contributed by atoms with Crippen molar-refractivity contribution in [2.24, 2.45) is 0 Å². The van der Waals surface area contributed by atoms with E-state index >= 15 is 0 Å². The van der Waals surface area contributed by atoms with Crippen molar-refractivity contribution in [3.05, 3.63) is 35.9 Å². The van der Waals surface area contributed by atoms with E-state index in [9.17, 15) is 0 Å². The summed E-state index contributed by atoms with van der Waals surface area (Å²) in [5.74, 6) is 0. The zero-order chi connectivity index (χ0) is 9.80. The summed E-state index contributed by atoms with van der Waals surface area (Å²) in [6.45, 7) is 0.718.